The molecule has 0 spiro atoms. The van der Waals surface area contributed by atoms with Crippen molar-refractivity contribution in [3.8, 4) is 0 Å². The van der Waals surface area contributed by atoms with Gasteiger partial charge in [0.15, 0.2) is 5.78 Å². The van der Waals surface area contributed by atoms with Gasteiger partial charge in [-0.2, -0.15) is 5.10 Å². The molecule has 7 heteroatoms. The maximum atomic E-state index is 13.8. The van der Waals surface area contributed by atoms with E-state index in [0.29, 0.717) is 16.3 Å². The van der Waals surface area contributed by atoms with Crippen LogP contribution in [0.1, 0.15) is 27.5 Å². The molecule has 33 heavy (non-hydrogen) atoms. The van der Waals surface area contributed by atoms with E-state index in [1.807, 2.05) is 30.3 Å². The molecule has 3 aromatic rings. The zero-order chi connectivity index (χ0) is 22.7. The zero-order valence-electron chi connectivity index (χ0n) is 17.3. The van der Waals surface area contributed by atoms with E-state index >= 15 is 0 Å². The number of nitrogens with zero attached hydrogens (tertiary/aromatic N) is 3. The highest BCUT2D eigenvalue weighted by molar-refractivity contribution is 6.36. The lowest BCUT2D eigenvalue weighted by atomic mass is 9.83. The van der Waals surface area contributed by atoms with Crippen molar-refractivity contribution in [3.05, 3.63) is 101 Å². The summed E-state index contributed by atoms with van der Waals surface area (Å²) in [6.07, 6.45) is 1.69. The van der Waals surface area contributed by atoms with Crippen LogP contribution in [0.5, 0.6) is 0 Å². The van der Waals surface area contributed by atoms with Gasteiger partial charge in [-0.1, -0.05) is 78.3 Å². The van der Waals surface area contributed by atoms with Crippen LogP contribution in [0.25, 0.3) is 0 Å². The predicted molar refractivity (Wildman–Crippen MR) is 124 cm³/mol. The Hall–Kier alpha value is -3.77. The number of fused-ring (bicyclic) bond motifs is 5. The predicted octanol–water partition coefficient (Wildman–Crippen LogP) is 4.10. The highest BCUT2D eigenvalue weighted by Gasteiger charge is 2.65. The summed E-state index contributed by atoms with van der Waals surface area (Å²) >= 11 is 6.36. The third-order valence-corrected chi connectivity index (χ3v) is 7.03. The minimum Gasteiger partial charge on any atom is -0.292 e. The third kappa shape index (κ3) is 2.80. The number of hydrogen-bond acceptors (Lipinski definition) is 5. The Labute approximate surface area is 195 Å². The summed E-state index contributed by atoms with van der Waals surface area (Å²) in [5, 5.41) is 6.53. The number of amides is 2. The van der Waals surface area contributed by atoms with Crippen LogP contribution >= 0.6 is 11.6 Å². The molecule has 0 N–H and O–H groups in total. The molecule has 2 saturated heterocycles. The van der Waals surface area contributed by atoms with E-state index in [-0.39, 0.29) is 11.7 Å². The zero-order valence-corrected chi connectivity index (χ0v) is 18.1. The van der Waals surface area contributed by atoms with Crippen molar-refractivity contribution in [2.45, 2.75) is 12.1 Å². The monoisotopic (exact) mass is 455 g/mol. The molecule has 6 nitrogen and oxygen atoms in total. The molecule has 162 valence electrons. The SMILES string of the molecule is O=C(c1ccccc1)C1C2C(=O)N(c3ccccc3Cl)C(=O)C2C2c3ccccc3C=NN12. The maximum absolute atomic E-state index is 13.8. The number of ketones is 1. The second-order valence-corrected chi connectivity index (χ2v) is 8.80. The van der Waals surface area contributed by atoms with E-state index in [2.05, 4.69) is 5.10 Å². The molecule has 3 aromatic carbocycles. The Morgan fingerprint density at radius 3 is 2.27 bits per heavy atom. The molecule has 0 bridgehead atoms. The number of benzene rings is 3. The average molecular weight is 456 g/mol. The first kappa shape index (κ1) is 19.9. The fraction of sp³-hybridized carbons (Fsp3) is 0.154. The minimum absolute atomic E-state index is 0.230. The number of hydrogen-bond donors (Lipinski definition) is 0. The molecule has 2 amide bonds. The number of carbonyl (C=O) groups excluding carboxylic acids is 3. The van der Waals surface area contributed by atoms with Gasteiger partial charge in [0.1, 0.15) is 6.04 Å². The summed E-state index contributed by atoms with van der Waals surface area (Å²) in [5.74, 6) is -2.62. The van der Waals surface area contributed by atoms with Crippen LogP contribution in [-0.4, -0.2) is 34.9 Å². The van der Waals surface area contributed by atoms with Crippen molar-refractivity contribution in [3.63, 3.8) is 0 Å². The molecular formula is C26H18ClN3O3. The Morgan fingerprint density at radius 2 is 1.48 bits per heavy atom. The van der Waals surface area contributed by atoms with E-state index in [4.69, 9.17) is 11.6 Å². The van der Waals surface area contributed by atoms with Gasteiger partial charge in [-0.05, 0) is 23.3 Å². The normalized spacial score (nSPS) is 25.1. The number of halogens is 1. The van der Waals surface area contributed by atoms with Crippen molar-refractivity contribution in [2.75, 3.05) is 4.90 Å². The maximum Gasteiger partial charge on any atom is 0.240 e. The summed E-state index contributed by atoms with van der Waals surface area (Å²) < 4.78 is 0. The van der Waals surface area contributed by atoms with Crippen molar-refractivity contribution in [2.24, 2.45) is 16.9 Å². The van der Waals surface area contributed by atoms with Gasteiger partial charge in [0.25, 0.3) is 0 Å². The van der Waals surface area contributed by atoms with Gasteiger partial charge >= 0.3 is 0 Å². The second-order valence-electron chi connectivity index (χ2n) is 8.39. The van der Waals surface area contributed by atoms with Gasteiger partial charge in [-0.15, -0.1) is 0 Å². The van der Waals surface area contributed by atoms with Gasteiger partial charge in [0.05, 0.1) is 34.8 Å². The number of hydrazone groups is 1. The van der Waals surface area contributed by atoms with Crippen molar-refractivity contribution in [1.82, 2.24) is 5.01 Å². The molecule has 0 saturated carbocycles. The molecule has 0 aromatic heterocycles. The Morgan fingerprint density at radius 1 is 0.818 bits per heavy atom. The van der Waals surface area contributed by atoms with Gasteiger partial charge in [0.2, 0.25) is 11.8 Å². The second kappa shape index (κ2) is 7.39. The van der Waals surface area contributed by atoms with Crippen LogP contribution in [0.3, 0.4) is 0 Å². The molecule has 4 atom stereocenters. The molecule has 3 aliphatic heterocycles. The Balaban J connectivity index is 1.52. The standard InChI is InChI=1S/C26H18ClN3O3/c27-18-12-6-7-13-19(18)29-25(32)20-21(26(29)33)23(24(31)15-8-2-1-3-9-15)30-22(20)17-11-5-4-10-16(17)14-28-30/h1-14,20-23H. The lowest BCUT2D eigenvalue weighted by Crippen LogP contribution is -2.44. The number of carbonyl (C=O) groups is 3. The molecule has 2 fully saturated rings. The van der Waals surface area contributed by atoms with E-state index in [1.165, 1.54) is 0 Å². The lowest BCUT2D eigenvalue weighted by molar-refractivity contribution is -0.124. The number of imide groups is 1. The van der Waals surface area contributed by atoms with Crippen molar-refractivity contribution < 1.29 is 14.4 Å². The highest BCUT2D eigenvalue weighted by Crippen LogP contribution is 2.53. The Bertz CT molecular complexity index is 1340. The lowest BCUT2D eigenvalue weighted by Gasteiger charge is -2.33. The van der Waals surface area contributed by atoms with Crippen LogP contribution in [0, 0.1) is 11.8 Å². The first-order valence-electron chi connectivity index (χ1n) is 10.7. The highest BCUT2D eigenvalue weighted by atomic mass is 35.5. The first-order chi connectivity index (χ1) is 16.1. The van der Waals surface area contributed by atoms with Crippen LogP contribution in [0.15, 0.2) is 84.0 Å². The van der Waals surface area contributed by atoms with Crippen molar-refractivity contribution >= 4 is 41.1 Å². The number of rotatable bonds is 3. The number of anilines is 1. The van der Waals surface area contributed by atoms with Gasteiger partial charge in [0, 0.05) is 5.56 Å². The van der Waals surface area contributed by atoms with E-state index in [1.54, 1.807) is 59.8 Å². The molecular weight excluding hydrogens is 438 g/mol. The van der Waals surface area contributed by atoms with Gasteiger partial charge in [-0.3, -0.25) is 19.4 Å². The molecule has 3 heterocycles. The fourth-order valence-electron chi connectivity index (χ4n) is 5.31. The summed E-state index contributed by atoms with van der Waals surface area (Å²) in [5.41, 5.74) is 2.58. The molecule has 0 radical (unpaired) electrons. The van der Waals surface area contributed by atoms with Crippen LogP contribution in [0.4, 0.5) is 5.69 Å². The minimum atomic E-state index is -0.893. The van der Waals surface area contributed by atoms with Crippen molar-refractivity contribution in [1.29, 1.82) is 0 Å². The number of para-hydroxylation sites is 1. The molecule has 6 rings (SSSR count). The topological polar surface area (TPSA) is 70.0 Å². The molecule has 0 aliphatic carbocycles. The quantitative estimate of drug-likeness (QED) is 0.440. The van der Waals surface area contributed by atoms with E-state index in [0.717, 1.165) is 16.0 Å². The summed E-state index contributed by atoms with van der Waals surface area (Å²) in [4.78, 5) is 42.4. The smallest absolute Gasteiger partial charge is 0.240 e. The van der Waals surface area contributed by atoms with Crippen LogP contribution < -0.4 is 4.90 Å². The fourth-order valence-corrected chi connectivity index (χ4v) is 5.53. The summed E-state index contributed by atoms with van der Waals surface area (Å²) in [7, 11) is 0. The Kier molecular flexibility index (Phi) is 4.45. The molecule has 3 aliphatic rings. The van der Waals surface area contributed by atoms with E-state index < -0.39 is 29.8 Å². The average Bonchev–Trinajstić information content (AvgIpc) is 3.32. The van der Waals surface area contributed by atoms with E-state index in [9.17, 15) is 14.4 Å². The van der Waals surface area contributed by atoms with Gasteiger partial charge < -0.3 is 0 Å². The van der Waals surface area contributed by atoms with Crippen LogP contribution in [-0.2, 0) is 9.59 Å². The first-order valence-corrected chi connectivity index (χ1v) is 11.1. The molecule has 4 unspecified atom stereocenters. The van der Waals surface area contributed by atoms with Gasteiger partial charge in [-0.25, -0.2) is 4.90 Å². The third-order valence-electron chi connectivity index (χ3n) is 6.71. The summed E-state index contributed by atoms with van der Waals surface area (Å²) in [6, 6.07) is 21.8. The summed E-state index contributed by atoms with van der Waals surface area (Å²) in [6.45, 7) is 0. The largest absolute Gasteiger partial charge is 0.292 e. The number of Topliss-reactive ketones (excluding diaryl/α,β-unsaturated/α-hetero) is 1. The van der Waals surface area contributed by atoms with Crippen LogP contribution in [0.2, 0.25) is 5.02 Å².